The van der Waals surface area contributed by atoms with E-state index in [0.717, 1.165) is 46.4 Å². The quantitative estimate of drug-likeness (QED) is 0.324. The number of hydrogen-bond acceptors (Lipinski definition) is 2. The van der Waals surface area contributed by atoms with Gasteiger partial charge in [-0.15, -0.1) is 0 Å². The number of benzene rings is 3. The van der Waals surface area contributed by atoms with Crippen molar-refractivity contribution in [2.24, 2.45) is 0 Å². The van der Waals surface area contributed by atoms with E-state index >= 15 is 0 Å². The summed E-state index contributed by atoms with van der Waals surface area (Å²) in [4.78, 5) is 17.2. The number of imidazole rings is 1. The third kappa shape index (κ3) is 5.32. The van der Waals surface area contributed by atoms with Crippen molar-refractivity contribution >= 4 is 40.1 Å². The summed E-state index contributed by atoms with van der Waals surface area (Å²) in [6, 6.07) is 21.8. The summed E-state index contributed by atoms with van der Waals surface area (Å²) in [5.74, 6) is 1.04. The average molecular weight is 466 g/mol. The SMILES string of the molecule is Cc1ccccc1CC(=O)NCCCc1nc2ccccc2n1Cc1ccc(Cl)c(Cl)c1. The molecule has 4 aromatic rings. The van der Waals surface area contributed by atoms with Gasteiger partial charge < -0.3 is 9.88 Å². The van der Waals surface area contributed by atoms with E-state index < -0.39 is 0 Å². The highest BCUT2D eigenvalue weighted by Gasteiger charge is 2.12. The van der Waals surface area contributed by atoms with Crippen LogP contribution in [0.3, 0.4) is 0 Å². The molecule has 6 heteroatoms. The maximum absolute atomic E-state index is 12.3. The van der Waals surface area contributed by atoms with Crippen molar-refractivity contribution in [1.29, 1.82) is 0 Å². The number of nitrogens with one attached hydrogen (secondary N) is 1. The molecule has 3 aromatic carbocycles. The van der Waals surface area contributed by atoms with Crippen LogP contribution in [0.25, 0.3) is 11.0 Å². The molecule has 0 unspecified atom stereocenters. The molecule has 0 fully saturated rings. The lowest BCUT2D eigenvalue weighted by Gasteiger charge is -2.11. The molecule has 1 aromatic heterocycles. The highest BCUT2D eigenvalue weighted by molar-refractivity contribution is 6.42. The lowest BCUT2D eigenvalue weighted by atomic mass is 10.1. The number of fused-ring (bicyclic) bond motifs is 1. The molecule has 1 N–H and O–H groups in total. The minimum Gasteiger partial charge on any atom is -0.356 e. The van der Waals surface area contributed by atoms with E-state index in [4.69, 9.17) is 28.2 Å². The van der Waals surface area contributed by atoms with Crippen LogP contribution in [-0.4, -0.2) is 22.0 Å². The Balaban J connectivity index is 1.41. The van der Waals surface area contributed by atoms with Gasteiger partial charge in [0, 0.05) is 19.5 Å². The lowest BCUT2D eigenvalue weighted by molar-refractivity contribution is -0.120. The van der Waals surface area contributed by atoms with Crippen LogP contribution in [0.4, 0.5) is 0 Å². The number of nitrogens with zero attached hydrogens (tertiary/aromatic N) is 2. The summed E-state index contributed by atoms with van der Waals surface area (Å²) in [5, 5.41) is 4.13. The zero-order chi connectivity index (χ0) is 22.5. The summed E-state index contributed by atoms with van der Waals surface area (Å²) in [6.45, 7) is 3.30. The zero-order valence-electron chi connectivity index (χ0n) is 17.9. The van der Waals surface area contributed by atoms with Crippen molar-refractivity contribution in [3.8, 4) is 0 Å². The van der Waals surface area contributed by atoms with Crippen LogP contribution in [0, 0.1) is 6.92 Å². The molecule has 0 aliphatic rings. The first-order valence-corrected chi connectivity index (χ1v) is 11.5. The van der Waals surface area contributed by atoms with Crippen LogP contribution in [0.15, 0.2) is 66.7 Å². The monoisotopic (exact) mass is 465 g/mol. The standard InChI is InChI=1S/C26H25Cl2N3O/c1-18-7-2-3-8-20(18)16-26(32)29-14-6-11-25-30-23-9-4-5-10-24(23)31(25)17-19-12-13-21(27)22(28)15-19/h2-5,7-10,12-13,15H,6,11,14,16-17H2,1H3,(H,29,32). The second kappa shape index (κ2) is 10.2. The molecule has 4 rings (SSSR count). The molecule has 0 bridgehead atoms. The first-order chi connectivity index (χ1) is 15.5. The van der Waals surface area contributed by atoms with Crippen LogP contribution < -0.4 is 5.32 Å². The fraction of sp³-hybridized carbons (Fsp3) is 0.231. The van der Waals surface area contributed by atoms with Crippen molar-refractivity contribution < 1.29 is 4.79 Å². The average Bonchev–Trinajstić information content (AvgIpc) is 3.13. The number of carbonyl (C=O) groups excluding carboxylic acids is 1. The molecule has 1 amide bonds. The molecule has 1 heterocycles. The van der Waals surface area contributed by atoms with Gasteiger partial charge in [0.25, 0.3) is 0 Å². The van der Waals surface area contributed by atoms with Crippen molar-refractivity contribution in [2.75, 3.05) is 6.54 Å². The van der Waals surface area contributed by atoms with E-state index in [2.05, 4.69) is 16.0 Å². The van der Waals surface area contributed by atoms with Crippen molar-refractivity contribution in [1.82, 2.24) is 14.9 Å². The van der Waals surface area contributed by atoms with Crippen molar-refractivity contribution in [2.45, 2.75) is 32.7 Å². The minimum atomic E-state index is 0.0450. The maximum atomic E-state index is 12.3. The van der Waals surface area contributed by atoms with Gasteiger partial charge in [0.05, 0.1) is 27.5 Å². The van der Waals surface area contributed by atoms with Gasteiger partial charge in [-0.2, -0.15) is 0 Å². The largest absolute Gasteiger partial charge is 0.356 e. The third-order valence-corrected chi connectivity index (χ3v) is 6.31. The van der Waals surface area contributed by atoms with Gasteiger partial charge in [-0.25, -0.2) is 4.98 Å². The van der Waals surface area contributed by atoms with E-state index in [1.807, 2.05) is 67.6 Å². The molecule has 164 valence electrons. The molecule has 0 spiro atoms. The summed E-state index contributed by atoms with van der Waals surface area (Å²) < 4.78 is 2.21. The van der Waals surface area contributed by atoms with E-state index in [1.54, 1.807) is 0 Å². The Kier molecular flexibility index (Phi) is 7.13. The topological polar surface area (TPSA) is 46.9 Å². The van der Waals surface area contributed by atoms with Crippen LogP contribution in [-0.2, 0) is 24.2 Å². The molecule has 0 aliphatic carbocycles. The number of para-hydroxylation sites is 2. The van der Waals surface area contributed by atoms with Gasteiger partial charge in [-0.05, 0) is 54.3 Å². The summed E-state index contributed by atoms with van der Waals surface area (Å²) in [6.07, 6.45) is 1.98. The zero-order valence-corrected chi connectivity index (χ0v) is 19.5. The molecule has 0 saturated carbocycles. The van der Waals surface area contributed by atoms with Crippen LogP contribution in [0.5, 0.6) is 0 Å². The number of halogens is 2. The molecule has 0 saturated heterocycles. The second-order valence-electron chi connectivity index (χ2n) is 7.91. The normalized spacial score (nSPS) is 11.1. The van der Waals surface area contributed by atoms with E-state index in [9.17, 15) is 4.79 Å². The fourth-order valence-electron chi connectivity index (χ4n) is 3.83. The minimum absolute atomic E-state index is 0.0450. The molecule has 32 heavy (non-hydrogen) atoms. The Morgan fingerprint density at radius 1 is 1.00 bits per heavy atom. The number of carbonyl (C=O) groups is 1. The van der Waals surface area contributed by atoms with E-state index in [-0.39, 0.29) is 5.91 Å². The number of aryl methyl sites for hydroxylation is 2. The molecule has 0 atom stereocenters. The number of hydrogen-bond donors (Lipinski definition) is 1. The fourth-order valence-corrected chi connectivity index (χ4v) is 4.15. The van der Waals surface area contributed by atoms with Crippen molar-refractivity contribution in [3.05, 3.63) is 99.3 Å². The second-order valence-corrected chi connectivity index (χ2v) is 8.72. The third-order valence-electron chi connectivity index (χ3n) is 5.57. The molecule has 4 nitrogen and oxygen atoms in total. The van der Waals surface area contributed by atoms with Crippen LogP contribution in [0.1, 0.15) is 28.9 Å². The Hall–Kier alpha value is -2.82. The van der Waals surface area contributed by atoms with Crippen LogP contribution >= 0.6 is 23.2 Å². The molecular formula is C26H25Cl2N3O. The lowest BCUT2D eigenvalue weighted by Crippen LogP contribution is -2.26. The Bertz CT molecular complexity index is 1250. The molecule has 0 aliphatic heterocycles. The van der Waals surface area contributed by atoms with Gasteiger partial charge in [-0.1, -0.05) is 65.7 Å². The Labute approximate surface area is 198 Å². The Morgan fingerprint density at radius 3 is 2.59 bits per heavy atom. The summed E-state index contributed by atoms with van der Waals surface area (Å²) >= 11 is 12.3. The number of amides is 1. The molecular weight excluding hydrogens is 441 g/mol. The predicted molar refractivity (Wildman–Crippen MR) is 132 cm³/mol. The first-order valence-electron chi connectivity index (χ1n) is 10.7. The van der Waals surface area contributed by atoms with Crippen LogP contribution in [0.2, 0.25) is 10.0 Å². The summed E-state index contributed by atoms with van der Waals surface area (Å²) in [7, 11) is 0. The van der Waals surface area contributed by atoms with E-state index in [1.165, 1.54) is 0 Å². The first kappa shape index (κ1) is 22.4. The van der Waals surface area contributed by atoms with Gasteiger partial charge in [0.15, 0.2) is 0 Å². The summed E-state index contributed by atoms with van der Waals surface area (Å²) in [5.41, 5.74) is 5.31. The molecule has 0 radical (unpaired) electrons. The number of aromatic nitrogens is 2. The van der Waals surface area contributed by atoms with Crippen molar-refractivity contribution in [3.63, 3.8) is 0 Å². The number of rotatable bonds is 8. The van der Waals surface area contributed by atoms with Gasteiger partial charge in [0.1, 0.15) is 5.82 Å². The predicted octanol–water partition coefficient (Wildman–Crippen LogP) is 5.99. The van der Waals surface area contributed by atoms with Gasteiger partial charge >= 0.3 is 0 Å². The highest BCUT2D eigenvalue weighted by Crippen LogP contribution is 2.25. The van der Waals surface area contributed by atoms with E-state index in [0.29, 0.717) is 29.6 Å². The highest BCUT2D eigenvalue weighted by atomic mass is 35.5. The smallest absolute Gasteiger partial charge is 0.224 e. The van der Waals surface area contributed by atoms with Gasteiger partial charge in [-0.3, -0.25) is 4.79 Å². The van der Waals surface area contributed by atoms with Gasteiger partial charge in [0.2, 0.25) is 5.91 Å². The maximum Gasteiger partial charge on any atom is 0.224 e. The Morgan fingerprint density at radius 2 is 1.78 bits per heavy atom.